The van der Waals surface area contributed by atoms with Crippen LogP contribution in [0, 0.1) is 0 Å². The van der Waals surface area contributed by atoms with Crippen LogP contribution < -0.4 is 5.32 Å². The Kier molecular flexibility index (Phi) is 6.60. The number of amides is 1. The maximum absolute atomic E-state index is 13.2. The topological polar surface area (TPSA) is 49.6 Å². The van der Waals surface area contributed by atoms with Gasteiger partial charge in [0.1, 0.15) is 5.65 Å². The molecule has 0 bridgehead atoms. The average Bonchev–Trinajstić information content (AvgIpc) is 3.16. The molecule has 1 N–H and O–H groups in total. The molecule has 0 radical (unpaired) electrons. The minimum Gasteiger partial charge on any atom is -0.336 e. The van der Waals surface area contributed by atoms with Crippen molar-refractivity contribution in [3.05, 3.63) is 83.3 Å². The number of aromatic nitrogens is 2. The molecule has 5 heteroatoms. The van der Waals surface area contributed by atoms with Crippen molar-refractivity contribution in [1.29, 1.82) is 0 Å². The van der Waals surface area contributed by atoms with Gasteiger partial charge in [-0.25, -0.2) is 4.98 Å². The lowest BCUT2D eigenvalue weighted by Gasteiger charge is -2.17. The molecule has 30 heavy (non-hydrogen) atoms. The molecule has 0 atom stereocenters. The van der Waals surface area contributed by atoms with Gasteiger partial charge in [-0.3, -0.25) is 4.79 Å². The number of fused-ring (bicyclic) bond motifs is 1. The summed E-state index contributed by atoms with van der Waals surface area (Å²) in [5.41, 5.74) is 4.93. The second kappa shape index (κ2) is 9.72. The Hall–Kier alpha value is -2.92. The predicted octanol–water partition coefficient (Wildman–Crippen LogP) is 4.59. The summed E-state index contributed by atoms with van der Waals surface area (Å²) in [7, 11) is 1.84. The first-order chi connectivity index (χ1) is 14.7. The van der Waals surface area contributed by atoms with Crippen molar-refractivity contribution in [3.63, 3.8) is 0 Å². The molecule has 0 saturated heterocycles. The fourth-order valence-corrected chi connectivity index (χ4v) is 4.08. The predicted molar refractivity (Wildman–Crippen MR) is 120 cm³/mol. The van der Waals surface area contributed by atoms with Gasteiger partial charge in [0.2, 0.25) is 0 Å². The summed E-state index contributed by atoms with van der Waals surface area (Å²) in [5, 5.41) is 3.54. The zero-order chi connectivity index (χ0) is 20.8. The Morgan fingerprint density at radius 2 is 1.97 bits per heavy atom. The minimum atomic E-state index is -0.0469. The highest BCUT2D eigenvalue weighted by atomic mass is 16.2. The van der Waals surface area contributed by atoms with E-state index in [0.29, 0.717) is 18.8 Å². The first-order valence-corrected chi connectivity index (χ1v) is 10.9. The molecule has 3 aromatic rings. The second-order valence-corrected chi connectivity index (χ2v) is 8.02. The zero-order valence-corrected chi connectivity index (χ0v) is 17.7. The summed E-state index contributed by atoms with van der Waals surface area (Å²) in [6.45, 7) is 2.10. The van der Waals surface area contributed by atoms with E-state index in [1.807, 2.05) is 66.2 Å². The number of imidazole rings is 1. The number of hydrogen-bond donors (Lipinski definition) is 1. The second-order valence-electron chi connectivity index (χ2n) is 8.02. The highest BCUT2D eigenvalue weighted by Gasteiger charge is 2.21. The molecule has 1 aliphatic rings. The molecule has 5 nitrogen and oxygen atoms in total. The molecule has 156 valence electrons. The molecule has 4 rings (SSSR count). The molecule has 2 aromatic heterocycles. The summed E-state index contributed by atoms with van der Waals surface area (Å²) >= 11 is 0. The maximum Gasteiger partial charge on any atom is 0.274 e. The molecule has 0 unspecified atom stereocenters. The molecule has 0 saturated carbocycles. The van der Waals surface area contributed by atoms with Gasteiger partial charge >= 0.3 is 0 Å². The molecule has 1 amide bonds. The van der Waals surface area contributed by atoms with Crippen LogP contribution in [0.4, 0.5) is 0 Å². The summed E-state index contributed by atoms with van der Waals surface area (Å²) in [6.07, 6.45) is 10.5. The molecule has 0 spiro atoms. The number of nitrogens with zero attached hydrogens (tertiary/aromatic N) is 3. The van der Waals surface area contributed by atoms with E-state index in [4.69, 9.17) is 0 Å². The van der Waals surface area contributed by atoms with Crippen molar-refractivity contribution in [1.82, 2.24) is 19.6 Å². The van der Waals surface area contributed by atoms with Gasteiger partial charge in [0.05, 0.1) is 5.69 Å². The summed E-state index contributed by atoms with van der Waals surface area (Å²) in [6, 6.07) is 15.9. The van der Waals surface area contributed by atoms with Crippen molar-refractivity contribution in [2.45, 2.75) is 45.2 Å². The number of nitrogens with one attached hydrogen (secondary N) is 1. The highest BCUT2D eigenvalue weighted by molar-refractivity contribution is 5.94. The average molecular weight is 403 g/mol. The lowest BCUT2D eigenvalue weighted by Crippen LogP contribution is -2.28. The Morgan fingerprint density at radius 3 is 2.77 bits per heavy atom. The van der Waals surface area contributed by atoms with Crippen molar-refractivity contribution in [2.75, 3.05) is 13.6 Å². The van der Waals surface area contributed by atoms with Gasteiger partial charge in [0.25, 0.3) is 5.91 Å². The van der Waals surface area contributed by atoms with Crippen molar-refractivity contribution >= 4 is 11.6 Å². The number of hydrogen-bond acceptors (Lipinski definition) is 3. The van der Waals surface area contributed by atoms with E-state index in [9.17, 15) is 4.79 Å². The van der Waals surface area contributed by atoms with Crippen LogP contribution >= 0.6 is 0 Å². The van der Waals surface area contributed by atoms with Crippen LogP contribution in [0.15, 0.2) is 66.4 Å². The lowest BCUT2D eigenvalue weighted by atomic mass is 9.97. The summed E-state index contributed by atoms with van der Waals surface area (Å²) in [4.78, 5) is 19.6. The van der Waals surface area contributed by atoms with Crippen molar-refractivity contribution in [2.24, 2.45) is 0 Å². The van der Waals surface area contributed by atoms with Crippen LogP contribution in [0.5, 0.6) is 0 Å². The van der Waals surface area contributed by atoms with E-state index in [-0.39, 0.29) is 5.91 Å². The van der Waals surface area contributed by atoms with Crippen LogP contribution in [-0.2, 0) is 13.1 Å². The smallest absolute Gasteiger partial charge is 0.274 e. The fraction of sp³-hybridized carbons (Fsp3) is 0.360. The molecule has 2 heterocycles. The van der Waals surface area contributed by atoms with Gasteiger partial charge < -0.3 is 14.6 Å². The number of rotatable bonds is 8. The number of allylic oxidation sites excluding steroid dienone is 1. The van der Waals surface area contributed by atoms with E-state index >= 15 is 0 Å². The van der Waals surface area contributed by atoms with E-state index in [1.165, 1.54) is 25.7 Å². The van der Waals surface area contributed by atoms with Crippen molar-refractivity contribution < 1.29 is 4.79 Å². The minimum absolute atomic E-state index is 0.0469. The first-order valence-electron chi connectivity index (χ1n) is 10.9. The quantitative estimate of drug-likeness (QED) is 0.443. The first kappa shape index (κ1) is 20.4. The van der Waals surface area contributed by atoms with Crippen LogP contribution in [-0.4, -0.2) is 33.8 Å². The van der Waals surface area contributed by atoms with Gasteiger partial charge in [0, 0.05) is 26.3 Å². The maximum atomic E-state index is 13.2. The van der Waals surface area contributed by atoms with E-state index in [0.717, 1.165) is 29.9 Å². The fourth-order valence-electron chi connectivity index (χ4n) is 4.08. The third-order valence-corrected chi connectivity index (χ3v) is 5.74. The SMILES string of the molecule is CN(Cc1ccccc1)C(=O)c1nc2ccccn2c1CNCCC1=CCCCC1. The van der Waals surface area contributed by atoms with E-state index in [1.54, 1.807) is 10.5 Å². The van der Waals surface area contributed by atoms with E-state index < -0.39 is 0 Å². The van der Waals surface area contributed by atoms with Crippen LogP contribution in [0.25, 0.3) is 5.65 Å². The molecule has 0 fully saturated rings. The Labute approximate surface area is 178 Å². The molecule has 1 aliphatic carbocycles. The van der Waals surface area contributed by atoms with Gasteiger partial charge in [-0.2, -0.15) is 0 Å². The molecule has 1 aromatic carbocycles. The Morgan fingerprint density at radius 1 is 1.13 bits per heavy atom. The number of carbonyl (C=O) groups is 1. The van der Waals surface area contributed by atoms with Gasteiger partial charge in [-0.15, -0.1) is 0 Å². The number of benzene rings is 1. The standard InChI is InChI=1S/C25H30N4O/c1-28(19-21-12-6-3-7-13-21)25(30)24-22(29-17-9-8-14-23(29)27-24)18-26-16-15-20-10-4-2-5-11-20/h3,6-10,12-14,17,26H,2,4-5,11,15-16,18-19H2,1H3. The summed E-state index contributed by atoms with van der Waals surface area (Å²) < 4.78 is 2.02. The molecular formula is C25H30N4O. The number of pyridine rings is 1. The summed E-state index contributed by atoms with van der Waals surface area (Å²) in [5.74, 6) is -0.0469. The third-order valence-electron chi connectivity index (χ3n) is 5.74. The lowest BCUT2D eigenvalue weighted by molar-refractivity contribution is 0.0778. The van der Waals surface area contributed by atoms with Crippen molar-refractivity contribution in [3.8, 4) is 0 Å². The Balaban J connectivity index is 1.48. The van der Waals surface area contributed by atoms with E-state index in [2.05, 4.69) is 16.4 Å². The highest BCUT2D eigenvalue weighted by Crippen LogP contribution is 2.20. The molecular weight excluding hydrogens is 372 g/mol. The van der Waals surface area contributed by atoms with Gasteiger partial charge in [-0.1, -0.05) is 48.0 Å². The monoisotopic (exact) mass is 402 g/mol. The van der Waals surface area contributed by atoms with Gasteiger partial charge in [-0.05, 0) is 56.3 Å². The Bertz CT molecular complexity index is 1020. The van der Waals surface area contributed by atoms with Crippen LogP contribution in [0.2, 0.25) is 0 Å². The largest absolute Gasteiger partial charge is 0.336 e. The van der Waals surface area contributed by atoms with Crippen LogP contribution in [0.1, 0.15) is 53.8 Å². The zero-order valence-electron chi connectivity index (χ0n) is 17.7. The van der Waals surface area contributed by atoms with Gasteiger partial charge in [0.15, 0.2) is 5.69 Å². The molecule has 0 aliphatic heterocycles. The van der Waals surface area contributed by atoms with Crippen LogP contribution in [0.3, 0.4) is 0 Å². The third kappa shape index (κ3) is 4.79. The normalized spacial score (nSPS) is 14.0. The number of carbonyl (C=O) groups excluding carboxylic acids is 1.